The van der Waals surface area contributed by atoms with Crippen LogP contribution < -0.4 is 5.32 Å². The summed E-state index contributed by atoms with van der Waals surface area (Å²) in [6.07, 6.45) is 0. The van der Waals surface area contributed by atoms with Gasteiger partial charge in [-0.05, 0) is 36.4 Å². The van der Waals surface area contributed by atoms with Crippen molar-refractivity contribution < 1.29 is 17.9 Å². The third-order valence-electron chi connectivity index (χ3n) is 6.52. The molecule has 0 radical (unpaired) electrons. The lowest BCUT2D eigenvalue weighted by molar-refractivity contribution is -0.113. The first-order valence-corrected chi connectivity index (χ1v) is 16.4. The van der Waals surface area contributed by atoms with Gasteiger partial charge in [-0.1, -0.05) is 60.3 Å². The number of para-hydroxylation sites is 1. The summed E-state index contributed by atoms with van der Waals surface area (Å²) in [4.78, 5) is 17.6. The maximum atomic E-state index is 13.1. The first-order valence-electron chi connectivity index (χ1n) is 13.1. The van der Waals surface area contributed by atoms with Gasteiger partial charge in [0.15, 0.2) is 16.1 Å². The van der Waals surface area contributed by atoms with Gasteiger partial charge in [-0.15, -0.1) is 21.5 Å². The number of ether oxygens (including phenoxy) is 1. The number of carbonyl (C=O) groups is 1. The molecule has 0 atom stereocenters. The van der Waals surface area contributed by atoms with Gasteiger partial charge in [0.25, 0.3) is 0 Å². The Hall–Kier alpha value is -3.88. The van der Waals surface area contributed by atoms with E-state index in [2.05, 4.69) is 20.5 Å². The minimum atomic E-state index is -3.62. The highest BCUT2D eigenvalue weighted by Gasteiger charge is 2.26. The average molecular weight is 619 g/mol. The second-order valence-electron chi connectivity index (χ2n) is 9.26. The van der Waals surface area contributed by atoms with Crippen molar-refractivity contribution in [2.75, 3.05) is 37.4 Å². The Kier molecular flexibility index (Phi) is 8.44. The van der Waals surface area contributed by atoms with E-state index in [1.54, 1.807) is 24.3 Å². The number of thioether (sulfide) groups is 1. The summed E-state index contributed by atoms with van der Waals surface area (Å²) >= 11 is 2.62. The summed E-state index contributed by atoms with van der Waals surface area (Å²) in [5.74, 6) is 0.421. The van der Waals surface area contributed by atoms with Crippen molar-refractivity contribution in [3.05, 3.63) is 90.3 Å². The number of hydrogen-bond donors (Lipinski definition) is 1. The summed E-state index contributed by atoms with van der Waals surface area (Å²) in [5.41, 5.74) is 3.30. The average Bonchev–Trinajstić information content (AvgIpc) is 3.69. The number of amides is 1. The molecular weight excluding hydrogens is 593 g/mol. The zero-order chi connectivity index (χ0) is 28.9. The highest BCUT2D eigenvalue weighted by atomic mass is 32.2. The number of nitrogens with one attached hydrogen (secondary N) is 1. The Bertz CT molecular complexity index is 1770. The van der Waals surface area contributed by atoms with Crippen molar-refractivity contribution in [2.45, 2.75) is 10.1 Å². The van der Waals surface area contributed by atoms with Gasteiger partial charge in [-0.3, -0.25) is 9.36 Å². The van der Waals surface area contributed by atoms with Crippen molar-refractivity contribution in [3.8, 4) is 28.3 Å². The van der Waals surface area contributed by atoms with E-state index in [1.165, 1.54) is 27.4 Å². The predicted molar refractivity (Wildman–Crippen MR) is 163 cm³/mol. The van der Waals surface area contributed by atoms with Gasteiger partial charge in [0.2, 0.25) is 15.9 Å². The summed E-state index contributed by atoms with van der Waals surface area (Å²) < 4.78 is 34.7. The topological polar surface area (TPSA) is 119 Å². The van der Waals surface area contributed by atoms with Crippen LogP contribution in [0.1, 0.15) is 0 Å². The normalized spacial score (nSPS) is 14.1. The Balaban J connectivity index is 1.20. The molecule has 0 saturated carbocycles. The number of thiazole rings is 1. The van der Waals surface area contributed by atoms with E-state index in [1.807, 2.05) is 70.6 Å². The monoisotopic (exact) mass is 618 g/mol. The van der Waals surface area contributed by atoms with E-state index in [0.29, 0.717) is 48.0 Å². The van der Waals surface area contributed by atoms with Crippen LogP contribution in [0.5, 0.6) is 0 Å². The van der Waals surface area contributed by atoms with Crippen molar-refractivity contribution in [2.24, 2.45) is 0 Å². The number of sulfonamides is 1. The lowest BCUT2D eigenvalue weighted by Gasteiger charge is -2.26. The lowest BCUT2D eigenvalue weighted by atomic mass is 10.2. The minimum absolute atomic E-state index is 0.0992. The molecule has 0 unspecified atom stereocenters. The minimum Gasteiger partial charge on any atom is -0.379 e. The molecule has 2 aromatic heterocycles. The first-order chi connectivity index (χ1) is 20.5. The fraction of sp³-hybridized carbons (Fsp3) is 0.172. The summed E-state index contributed by atoms with van der Waals surface area (Å²) in [6.45, 7) is 1.43. The van der Waals surface area contributed by atoms with E-state index in [0.717, 1.165) is 16.9 Å². The molecule has 0 spiro atoms. The van der Waals surface area contributed by atoms with Gasteiger partial charge in [0, 0.05) is 35.3 Å². The number of benzene rings is 3. The fourth-order valence-corrected chi connectivity index (χ4v) is 7.33. The number of hydrogen-bond acceptors (Lipinski definition) is 9. The van der Waals surface area contributed by atoms with E-state index in [4.69, 9.17) is 4.74 Å². The molecule has 42 heavy (non-hydrogen) atoms. The Morgan fingerprint density at radius 3 is 2.31 bits per heavy atom. The smallest absolute Gasteiger partial charge is 0.243 e. The van der Waals surface area contributed by atoms with Crippen LogP contribution in [0.15, 0.2) is 100 Å². The molecule has 0 bridgehead atoms. The lowest BCUT2D eigenvalue weighted by Crippen LogP contribution is -2.40. The molecule has 10 nitrogen and oxygen atoms in total. The molecule has 3 aromatic carbocycles. The SMILES string of the molecule is O=C(CSc1nnc(-c2ccc(S(=O)(=O)N3CCOCC3)cc2)n1-c1ccccc1)Nc1nc(-c2ccccc2)cs1. The molecule has 6 rings (SSSR count). The van der Waals surface area contributed by atoms with Crippen LogP contribution in [0.3, 0.4) is 0 Å². The first kappa shape index (κ1) is 28.2. The van der Waals surface area contributed by atoms with Crippen LogP contribution in [-0.4, -0.2) is 70.4 Å². The van der Waals surface area contributed by atoms with Crippen molar-refractivity contribution in [3.63, 3.8) is 0 Å². The van der Waals surface area contributed by atoms with Crippen LogP contribution in [0, 0.1) is 0 Å². The number of aromatic nitrogens is 4. The van der Waals surface area contributed by atoms with Crippen molar-refractivity contribution in [1.29, 1.82) is 0 Å². The van der Waals surface area contributed by atoms with Crippen LogP contribution >= 0.6 is 23.1 Å². The van der Waals surface area contributed by atoms with E-state index in [9.17, 15) is 13.2 Å². The molecular formula is C29H26N6O4S3. The molecule has 1 amide bonds. The molecule has 1 saturated heterocycles. The van der Waals surface area contributed by atoms with Gasteiger partial charge in [-0.25, -0.2) is 13.4 Å². The van der Waals surface area contributed by atoms with Crippen LogP contribution in [-0.2, 0) is 19.6 Å². The van der Waals surface area contributed by atoms with Crippen LogP contribution in [0.2, 0.25) is 0 Å². The second-order valence-corrected chi connectivity index (χ2v) is 13.0. The summed E-state index contributed by atoms with van der Waals surface area (Å²) in [5, 5.41) is 14.6. The largest absolute Gasteiger partial charge is 0.379 e. The van der Waals surface area contributed by atoms with Crippen molar-refractivity contribution in [1.82, 2.24) is 24.1 Å². The standard InChI is InChI=1S/C29H26N6O4S3/c36-26(31-28-30-25(19-40-28)21-7-3-1-4-8-21)20-41-29-33-32-27(35(29)23-9-5-2-6-10-23)22-11-13-24(14-12-22)42(37,38)34-15-17-39-18-16-34/h1-14,19H,15-18,20H2,(H,30,31,36). The molecule has 214 valence electrons. The molecule has 1 aliphatic heterocycles. The van der Waals surface area contributed by atoms with Crippen LogP contribution in [0.25, 0.3) is 28.3 Å². The van der Waals surface area contributed by atoms with Crippen LogP contribution in [0.4, 0.5) is 5.13 Å². The highest BCUT2D eigenvalue weighted by molar-refractivity contribution is 7.99. The van der Waals surface area contributed by atoms with Gasteiger partial charge < -0.3 is 10.1 Å². The predicted octanol–water partition coefficient (Wildman–Crippen LogP) is 4.81. The zero-order valence-electron chi connectivity index (χ0n) is 22.3. The number of anilines is 1. The van der Waals surface area contributed by atoms with Gasteiger partial charge in [0.1, 0.15) is 0 Å². The van der Waals surface area contributed by atoms with E-state index >= 15 is 0 Å². The molecule has 1 aliphatic rings. The number of rotatable bonds is 9. The van der Waals surface area contributed by atoms with E-state index < -0.39 is 10.0 Å². The highest BCUT2D eigenvalue weighted by Crippen LogP contribution is 2.30. The number of nitrogens with zero attached hydrogens (tertiary/aromatic N) is 5. The fourth-order valence-electron chi connectivity index (χ4n) is 4.43. The Labute approximate surface area is 251 Å². The summed E-state index contributed by atoms with van der Waals surface area (Å²) in [6, 6.07) is 26.0. The molecule has 5 aromatic rings. The zero-order valence-corrected chi connectivity index (χ0v) is 24.7. The number of morpholine rings is 1. The van der Waals surface area contributed by atoms with Gasteiger partial charge in [0.05, 0.1) is 29.6 Å². The molecule has 1 N–H and O–H groups in total. The van der Waals surface area contributed by atoms with E-state index in [-0.39, 0.29) is 16.6 Å². The third-order valence-corrected chi connectivity index (χ3v) is 10.1. The number of carbonyl (C=O) groups excluding carboxylic acids is 1. The second kappa shape index (κ2) is 12.5. The maximum absolute atomic E-state index is 13.1. The van der Waals surface area contributed by atoms with Gasteiger partial charge >= 0.3 is 0 Å². The van der Waals surface area contributed by atoms with Gasteiger partial charge in [-0.2, -0.15) is 4.31 Å². The molecule has 0 aliphatic carbocycles. The quantitative estimate of drug-likeness (QED) is 0.234. The Morgan fingerprint density at radius 1 is 0.905 bits per heavy atom. The molecule has 3 heterocycles. The Morgan fingerprint density at radius 2 is 1.60 bits per heavy atom. The summed E-state index contributed by atoms with van der Waals surface area (Å²) in [7, 11) is -3.62. The van der Waals surface area contributed by atoms with Crippen molar-refractivity contribution >= 4 is 44.2 Å². The molecule has 1 fully saturated rings. The molecule has 13 heteroatoms. The third kappa shape index (κ3) is 6.15. The maximum Gasteiger partial charge on any atom is 0.243 e.